The maximum atomic E-state index is 6.21. The van der Waals surface area contributed by atoms with Crippen molar-refractivity contribution in [3.63, 3.8) is 0 Å². The molecule has 0 bridgehead atoms. The SMILES string of the molecule is CCn1ncc(CN2CCCC(c3cc(N)n4nc(C)cc4n3)C2)c1C. The molecule has 1 atom stereocenters. The number of piperidine rings is 1. The fourth-order valence-electron chi connectivity index (χ4n) is 3.98. The van der Waals surface area contributed by atoms with Gasteiger partial charge in [0.05, 0.1) is 17.6 Å². The van der Waals surface area contributed by atoms with Crippen LogP contribution in [-0.4, -0.2) is 42.4 Å². The van der Waals surface area contributed by atoms with E-state index in [2.05, 4.69) is 33.6 Å². The number of hydrogen-bond acceptors (Lipinski definition) is 5. The quantitative estimate of drug-likeness (QED) is 0.780. The minimum absolute atomic E-state index is 0.410. The maximum absolute atomic E-state index is 6.21. The number of rotatable bonds is 4. The molecule has 1 unspecified atom stereocenters. The van der Waals surface area contributed by atoms with Crippen molar-refractivity contribution >= 4 is 11.5 Å². The van der Waals surface area contributed by atoms with E-state index < -0.39 is 0 Å². The number of nitrogens with zero attached hydrogens (tertiary/aromatic N) is 6. The van der Waals surface area contributed by atoms with Crippen molar-refractivity contribution in [1.82, 2.24) is 29.3 Å². The van der Waals surface area contributed by atoms with Crippen LogP contribution >= 0.6 is 0 Å². The number of hydrogen-bond donors (Lipinski definition) is 1. The van der Waals surface area contributed by atoms with Gasteiger partial charge in [0.15, 0.2) is 5.65 Å². The highest BCUT2D eigenvalue weighted by molar-refractivity contribution is 5.48. The minimum atomic E-state index is 0.410. The molecule has 2 N–H and O–H groups in total. The lowest BCUT2D eigenvalue weighted by Crippen LogP contribution is -2.34. The Morgan fingerprint density at radius 2 is 2.12 bits per heavy atom. The van der Waals surface area contributed by atoms with E-state index in [-0.39, 0.29) is 0 Å². The van der Waals surface area contributed by atoms with E-state index in [4.69, 9.17) is 10.7 Å². The summed E-state index contributed by atoms with van der Waals surface area (Å²) in [7, 11) is 0. The second-order valence-corrected chi connectivity index (χ2v) is 7.31. The Labute approximate surface area is 153 Å². The van der Waals surface area contributed by atoms with Crippen molar-refractivity contribution in [2.75, 3.05) is 18.8 Å². The molecule has 3 aromatic heterocycles. The van der Waals surface area contributed by atoms with Crippen LogP contribution in [0.5, 0.6) is 0 Å². The zero-order valence-corrected chi connectivity index (χ0v) is 15.8. The summed E-state index contributed by atoms with van der Waals surface area (Å²) in [6.07, 6.45) is 4.34. The highest BCUT2D eigenvalue weighted by atomic mass is 15.3. The third kappa shape index (κ3) is 3.07. The zero-order valence-electron chi connectivity index (χ0n) is 15.8. The molecule has 26 heavy (non-hydrogen) atoms. The van der Waals surface area contributed by atoms with E-state index in [0.717, 1.165) is 49.6 Å². The monoisotopic (exact) mass is 353 g/mol. The van der Waals surface area contributed by atoms with Crippen LogP contribution in [0.3, 0.4) is 0 Å². The number of aromatic nitrogens is 5. The molecule has 0 spiro atoms. The van der Waals surface area contributed by atoms with Crippen LogP contribution in [0, 0.1) is 13.8 Å². The number of nitrogen functional groups attached to an aromatic ring is 1. The van der Waals surface area contributed by atoms with Crippen molar-refractivity contribution in [2.45, 2.75) is 52.6 Å². The molecule has 0 aromatic carbocycles. The van der Waals surface area contributed by atoms with E-state index >= 15 is 0 Å². The van der Waals surface area contributed by atoms with Crippen LogP contribution in [0.25, 0.3) is 5.65 Å². The minimum Gasteiger partial charge on any atom is -0.384 e. The van der Waals surface area contributed by atoms with E-state index in [1.165, 1.54) is 17.7 Å². The van der Waals surface area contributed by atoms with Gasteiger partial charge in [-0.15, -0.1) is 0 Å². The molecule has 1 aliphatic heterocycles. The summed E-state index contributed by atoms with van der Waals surface area (Å²) in [5, 5.41) is 8.88. The largest absolute Gasteiger partial charge is 0.384 e. The van der Waals surface area contributed by atoms with Gasteiger partial charge in [-0.1, -0.05) is 0 Å². The van der Waals surface area contributed by atoms with Crippen molar-refractivity contribution in [3.05, 3.63) is 41.0 Å². The maximum Gasteiger partial charge on any atom is 0.157 e. The van der Waals surface area contributed by atoms with Gasteiger partial charge in [-0.05, 0) is 40.2 Å². The van der Waals surface area contributed by atoms with Crippen molar-refractivity contribution in [2.24, 2.45) is 0 Å². The third-order valence-corrected chi connectivity index (χ3v) is 5.42. The van der Waals surface area contributed by atoms with Gasteiger partial charge < -0.3 is 5.73 Å². The number of anilines is 1. The first-order chi connectivity index (χ1) is 12.5. The molecule has 4 rings (SSSR count). The smallest absolute Gasteiger partial charge is 0.157 e. The molecule has 0 amide bonds. The number of nitrogens with two attached hydrogens (primary N) is 1. The molecular weight excluding hydrogens is 326 g/mol. The van der Waals surface area contributed by atoms with Crippen LogP contribution in [-0.2, 0) is 13.1 Å². The molecular formula is C19H27N7. The Balaban J connectivity index is 1.54. The lowest BCUT2D eigenvalue weighted by Gasteiger charge is -2.32. The first kappa shape index (κ1) is 17.0. The van der Waals surface area contributed by atoms with Gasteiger partial charge in [0, 0.05) is 48.9 Å². The third-order valence-electron chi connectivity index (χ3n) is 5.42. The van der Waals surface area contributed by atoms with Crippen LogP contribution in [0.4, 0.5) is 5.82 Å². The van der Waals surface area contributed by atoms with Gasteiger partial charge in [0.1, 0.15) is 5.82 Å². The van der Waals surface area contributed by atoms with E-state index in [1.807, 2.05) is 25.3 Å². The summed E-state index contributed by atoms with van der Waals surface area (Å²) < 4.78 is 3.79. The van der Waals surface area contributed by atoms with E-state index in [9.17, 15) is 0 Å². The van der Waals surface area contributed by atoms with Gasteiger partial charge in [-0.2, -0.15) is 14.7 Å². The average Bonchev–Trinajstić information content (AvgIpc) is 3.18. The Morgan fingerprint density at radius 1 is 1.27 bits per heavy atom. The summed E-state index contributed by atoms with van der Waals surface area (Å²) in [5.41, 5.74) is 11.7. The molecule has 1 saturated heterocycles. The van der Waals surface area contributed by atoms with Gasteiger partial charge in [0.2, 0.25) is 0 Å². The molecule has 1 fully saturated rings. The predicted molar refractivity (Wildman–Crippen MR) is 102 cm³/mol. The zero-order chi connectivity index (χ0) is 18.3. The van der Waals surface area contributed by atoms with Crippen LogP contribution in [0.1, 0.15) is 48.3 Å². The van der Waals surface area contributed by atoms with Gasteiger partial charge in [-0.3, -0.25) is 9.58 Å². The first-order valence-corrected chi connectivity index (χ1v) is 9.41. The van der Waals surface area contributed by atoms with Crippen molar-refractivity contribution in [3.8, 4) is 0 Å². The Bertz CT molecular complexity index is 924. The highest BCUT2D eigenvalue weighted by Gasteiger charge is 2.24. The molecule has 0 radical (unpaired) electrons. The van der Waals surface area contributed by atoms with Gasteiger partial charge in [0.25, 0.3) is 0 Å². The molecule has 3 aromatic rings. The normalized spacial score (nSPS) is 18.7. The highest BCUT2D eigenvalue weighted by Crippen LogP contribution is 2.28. The van der Waals surface area contributed by atoms with Crippen LogP contribution in [0.15, 0.2) is 18.3 Å². The fourth-order valence-corrected chi connectivity index (χ4v) is 3.98. The van der Waals surface area contributed by atoms with Crippen LogP contribution in [0.2, 0.25) is 0 Å². The second kappa shape index (κ2) is 6.72. The van der Waals surface area contributed by atoms with E-state index in [0.29, 0.717) is 11.7 Å². The summed E-state index contributed by atoms with van der Waals surface area (Å²) in [6, 6.07) is 3.98. The summed E-state index contributed by atoms with van der Waals surface area (Å²) in [5.74, 6) is 1.07. The summed E-state index contributed by atoms with van der Waals surface area (Å²) >= 11 is 0. The molecule has 138 valence electrons. The Hall–Kier alpha value is -2.41. The number of aryl methyl sites for hydroxylation is 2. The Morgan fingerprint density at radius 3 is 2.88 bits per heavy atom. The van der Waals surface area contributed by atoms with Crippen molar-refractivity contribution in [1.29, 1.82) is 0 Å². The van der Waals surface area contributed by atoms with Gasteiger partial charge in [-0.25, -0.2) is 4.98 Å². The lowest BCUT2D eigenvalue weighted by molar-refractivity contribution is 0.198. The van der Waals surface area contributed by atoms with Gasteiger partial charge >= 0.3 is 0 Å². The standard InChI is InChI=1S/C19H27N7/c1-4-25-14(3)16(10-21-25)12-24-7-5-6-15(11-24)17-9-18(20)26-19(22-17)8-13(2)23-26/h8-10,15H,4-7,11-12,20H2,1-3H3. The first-order valence-electron chi connectivity index (χ1n) is 9.41. The Kier molecular flexibility index (Phi) is 4.40. The summed E-state index contributed by atoms with van der Waals surface area (Å²) in [6.45, 7) is 10.3. The van der Waals surface area contributed by atoms with Crippen molar-refractivity contribution < 1.29 is 0 Å². The molecule has 0 aliphatic carbocycles. The second-order valence-electron chi connectivity index (χ2n) is 7.31. The summed E-state index contributed by atoms with van der Waals surface area (Å²) in [4.78, 5) is 7.35. The molecule has 7 heteroatoms. The fraction of sp³-hybridized carbons (Fsp3) is 0.526. The molecule has 4 heterocycles. The predicted octanol–water partition coefficient (Wildman–Crippen LogP) is 2.52. The van der Waals surface area contributed by atoms with E-state index in [1.54, 1.807) is 4.52 Å². The number of fused-ring (bicyclic) bond motifs is 1. The molecule has 0 saturated carbocycles. The average molecular weight is 353 g/mol. The molecule has 1 aliphatic rings. The van der Waals surface area contributed by atoms with Crippen LogP contribution < -0.4 is 5.73 Å². The number of likely N-dealkylation sites (tertiary alicyclic amines) is 1. The topological polar surface area (TPSA) is 77.3 Å². The molecule has 7 nitrogen and oxygen atoms in total. The lowest BCUT2D eigenvalue weighted by atomic mass is 9.94.